The predicted molar refractivity (Wildman–Crippen MR) is 73.0 cm³/mol. The molecule has 0 aromatic carbocycles. The first-order valence-corrected chi connectivity index (χ1v) is 8.71. The fourth-order valence-corrected chi connectivity index (χ4v) is 3.89. The van der Waals surface area contributed by atoms with Gasteiger partial charge in [0.2, 0.25) is 0 Å². The van der Waals surface area contributed by atoms with Crippen LogP contribution in [0.3, 0.4) is 0 Å². The minimum Gasteiger partial charge on any atom is -0.315 e. The van der Waals surface area contributed by atoms with Crippen LogP contribution in [0.1, 0.15) is 52.4 Å². The van der Waals surface area contributed by atoms with Gasteiger partial charge in [-0.05, 0) is 24.7 Å². The third-order valence-corrected chi connectivity index (χ3v) is 5.57. The van der Waals surface area contributed by atoms with E-state index in [1.807, 2.05) is 6.92 Å². The van der Waals surface area contributed by atoms with Gasteiger partial charge >= 0.3 is 0 Å². The molecule has 102 valence electrons. The SMILES string of the molecule is CCCS(=O)(=O)CCNCC1(C)CCCCC1. The maximum absolute atomic E-state index is 11.5. The molecule has 1 rings (SSSR count). The third kappa shape index (κ3) is 5.87. The van der Waals surface area contributed by atoms with E-state index < -0.39 is 9.84 Å². The molecule has 0 aromatic rings. The molecular formula is C13H27NO2S. The summed E-state index contributed by atoms with van der Waals surface area (Å²) in [5, 5.41) is 3.33. The second-order valence-corrected chi connectivity index (χ2v) is 8.00. The smallest absolute Gasteiger partial charge is 0.151 e. The summed E-state index contributed by atoms with van der Waals surface area (Å²) in [6.07, 6.45) is 7.29. The fraction of sp³-hybridized carbons (Fsp3) is 1.00. The second-order valence-electron chi connectivity index (χ2n) is 5.70. The molecule has 4 heteroatoms. The number of hydrogen-bond acceptors (Lipinski definition) is 3. The Hall–Kier alpha value is -0.0900. The van der Waals surface area contributed by atoms with E-state index in [2.05, 4.69) is 12.2 Å². The predicted octanol–water partition coefficient (Wildman–Crippen LogP) is 2.37. The van der Waals surface area contributed by atoms with Gasteiger partial charge in [0.1, 0.15) is 0 Å². The first-order chi connectivity index (χ1) is 7.97. The molecular weight excluding hydrogens is 234 g/mol. The van der Waals surface area contributed by atoms with E-state index in [1.54, 1.807) is 0 Å². The van der Waals surface area contributed by atoms with E-state index in [-0.39, 0.29) is 5.75 Å². The molecule has 1 aliphatic carbocycles. The lowest BCUT2D eigenvalue weighted by Gasteiger charge is -2.33. The molecule has 1 fully saturated rings. The molecule has 3 nitrogen and oxygen atoms in total. The normalized spacial score (nSPS) is 20.4. The van der Waals surface area contributed by atoms with Gasteiger partial charge in [0.25, 0.3) is 0 Å². The molecule has 0 amide bonds. The van der Waals surface area contributed by atoms with Crippen molar-refractivity contribution < 1.29 is 8.42 Å². The monoisotopic (exact) mass is 261 g/mol. The number of rotatable bonds is 7. The molecule has 0 bridgehead atoms. The maximum Gasteiger partial charge on any atom is 0.151 e. The van der Waals surface area contributed by atoms with E-state index in [9.17, 15) is 8.42 Å². The van der Waals surface area contributed by atoms with Crippen molar-refractivity contribution in [1.29, 1.82) is 0 Å². The maximum atomic E-state index is 11.5. The quantitative estimate of drug-likeness (QED) is 0.716. The highest BCUT2D eigenvalue weighted by Gasteiger charge is 2.26. The summed E-state index contributed by atoms with van der Waals surface area (Å²) in [7, 11) is -2.82. The Bertz CT molecular complexity index is 305. The highest BCUT2D eigenvalue weighted by atomic mass is 32.2. The van der Waals surface area contributed by atoms with Gasteiger partial charge in [0.15, 0.2) is 9.84 Å². The van der Waals surface area contributed by atoms with Gasteiger partial charge in [0.05, 0.1) is 5.75 Å². The van der Waals surface area contributed by atoms with Crippen LogP contribution < -0.4 is 5.32 Å². The van der Waals surface area contributed by atoms with Crippen molar-refractivity contribution in [3.63, 3.8) is 0 Å². The van der Waals surface area contributed by atoms with Crippen LogP contribution in [0.4, 0.5) is 0 Å². The van der Waals surface area contributed by atoms with Crippen LogP contribution in [0, 0.1) is 5.41 Å². The van der Waals surface area contributed by atoms with Crippen molar-refractivity contribution in [2.75, 3.05) is 24.6 Å². The Kier molecular flexibility index (Phi) is 5.93. The van der Waals surface area contributed by atoms with Crippen LogP contribution in [-0.4, -0.2) is 33.0 Å². The van der Waals surface area contributed by atoms with E-state index in [0.717, 1.165) is 13.0 Å². The van der Waals surface area contributed by atoms with Crippen LogP contribution in [0.15, 0.2) is 0 Å². The molecule has 1 aliphatic rings. The third-order valence-electron chi connectivity index (χ3n) is 3.72. The van der Waals surface area contributed by atoms with Crippen molar-refractivity contribution in [2.45, 2.75) is 52.4 Å². The fourth-order valence-electron chi connectivity index (χ4n) is 2.61. The Morgan fingerprint density at radius 3 is 2.35 bits per heavy atom. The molecule has 0 atom stereocenters. The zero-order valence-electron chi connectivity index (χ0n) is 11.3. The molecule has 17 heavy (non-hydrogen) atoms. The summed E-state index contributed by atoms with van der Waals surface area (Å²) in [6, 6.07) is 0. The molecule has 0 spiro atoms. The van der Waals surface area contributed by atoms with Gasteiger partial charge < -0.3 is 5.32 Å². The molecule has 1 saturated carbocycles. The lowest BCUT2D eigenvalue weighted by atomic mass is 9.76. The molecule has 1 N–H and O–H groups in total. The molecule has 0 saturated heterocycles. The summed E-state index contributed by atoms with van der Waals surface area (Å²) >= 11 is 0. The summed E-state index contributed by atoms with van der Waals surface area (Å²) < 4.78 is 23.0. The van der Waals surface area contributed by atoms with Crippen molar-refractivity contribution in [1.82, 2.24) is 5.32 Å². The minimum atomic E-state index is -2.82. The van der Waals surface area contributed by atoms with Gasteiger partial charge in [-0.15, -0.1) is 0 Å². The Morgan fingerprint density at radius 1 is 1.12 bits per heavy atom. The largest absolute Gasteiger partial charge is 0.315 e. The highest BCUT2D eigenvalue weighted by molar-refractivity contribution is 7.91. The highest BCUT2D eigenvalue weighted by Crippen LogP contribution is 2.34. The van der Waals surface area contributed by atoms with Crippen molar-refractivity contribution in [3.8, 4) is 0 Å². The number of sulfone groups is 1. The minimum absolute atomic E-state index is 0.289. The van der Waals surface area contributed by atoms with Gasteiger partial charge in [-0.25, -0.2) is 8.42 Å². The lowest BCUT2D eigenvalue weighted by Crippen LogP contribution is -2.36. The molecule has 0 aliphatic heterocycles. The Morgan fingerprint density at radius 2 is 1.76 bits per heavy atom. The summed E-state index contributed by atoms with van der Waals surface area (Å²) in [5.41, 5.74) is 0.396. The topological polar surface area (TPSA) is 46.2 Å². The standard InChI is InChI=1S/C13H27NO2S/c1-3-10-17(15,16)11-9-14-12-13(2)7-5-4-6-8-13/h14H,3-12H2,1-2H3. The van der Waals surface area contributed by atoms with Crippen molar-refractivity contribution in [3.05, 3.63) is 0 Å². The van der Waals surface area contributed by atoms with Crippen LogP contribution in [0.2, 0.25) is 0 Å². The Labute approximate surface area is 106 Å². The average Bonchev–Trinajstić information content (AvgIpc) is 2.26. The molecule has 0 radical (unpaired) electrons. The van der Waals surface area contributed by atoms with Crippen LogP contribution in [0.5, 0.6) is 0 Å². The van der Waals surface area contributed by atoms with E-state index in [4.69, 9.17) is 0 Å². The van der Waals surface area contributed by atoms with Gasteiger partial charge in [-0.3, -0.25) is 0 Å². The average molecular weight is 261 g/mol. The van der Waals surface area contributed by atoms with Crippen molar-refractivity contribution in [2.24, 2.45) is 5.41 Å². The lowest BCUT2D eigenvalue weighted by molar-refractivity contribution is 0.209. The molecule has 0 heterocycles. The van der Waals surface area contributed by atoms with E-state index >= 15 is 0 Å². The van der Waals surface area contributed by atoms with Crippen LogP contribution in [-0.2, 0) is 9.84 Å². The summed E-state index contributed by atoms with van der Waals surface area (Å²) in [5.74, 6) is 0.614. The van der Waals surface area contributed by atoms with Gasteiger partial charge in [-0.2, -0.15) is 0 Å². The zero-order valence-corrected chi connectivity index (χ0v) is 12.1. The Balaban J connectivity index is 2.19. The summed E-state index contributed by atoms with van der Waals surface area (Å²) in [4.78, 5) is 0. The van der Waals surface area contributed by atoms with Gasteiger partial charge in [-0.1, -0.05) is 33.1 Å². The van der Waals surface area contributed by atoms with Crippen LogP contribution in [0.25, 0.3) is 0 Å². The molecule has 0 aromatic heterocycles. The number of nitrogens with one attached hydrogen (secondary N) is 1. The number of hydrogen-bond donors (Lipinski definition) is 1. The first-order valence-electron chi connectivity index (χ1n) is 6.89. The van der Waals surface area contributed by atoms with Crippen LogP contribution >= 0.6 is 0 Å². The van der Waals surface area contributed by atoms with Gasteiger partial charge in [0, 0.05) is 18.8 Å². The zero-order chi connectivity index (χ0) is 12.8. The first kappa shape index (κ1) is 15.0. The second kappa shape index (κ2) is 6.74. The molecule has 0 unspecified atom stereocenters. The van der Waals surface area contributed by atoms with Crippen molar-refractivity contribution >= 4 is 9.84 Å². The van der Waals surface area contributed by atoms with E-state index in [0.29, 0.717) is 17.7 Å². The van der Waals surface area contributed by atoms with E-state index in [1.165, 1.54) is 32.1 Å². The summed E-state index contributed by atoms with van der Waals surface area (Å²) in [6.45, 7) is 5.81.